The van der Waals surface area contributed by atoms with E-state index in [-0.39, 0.29) is 11.7 Å². The van der Waals surface area contributed by atoms with E-state index < -0.39 is 0 Å². The molecular formula is C15H17N7OS2. The third kappa shape index (κ3) is 4.20. The molecule has 3 rings (SSSR count). The molecule has 2 aromatic heterocycles. The molecule has 0 radical (unpaired) electrons. The number of carbonyl (C=O) groups excluding carboxylic acids is 1. The molecule has 25 heavy (non-hydrogen) atoms. The van der Waals surface area contributed by atoms with Gasteiger partial charge in [-0.2, -0.15) is 4.68 Å². The van der Waals surface area contributed by atoms with E-state index in [4.69, 9.17) is 0 Å². The molecule has 1 aromatic carbocycles. The van der Waals surface area contributed by atoms with Crippen LogP contribution in [0.5, 0.6) is 0 Å². The zero-order chi connectivity index (χ0) is 17.8. The second-order valence-corrected chi connectivity index (χ2v) is 7.36. The number of amides is 1. The molecule has 130 valence electrons. The first-order valence-electron chi connectivity index (χ1n) is 7.68. The van der Waals surface area contributed by atoms with Crippen molar-refractivity contribution in [1.82, 2.24) is 30.4 Å². The van der Waals surface area contributed by atoms with Crippen LogP contribution in [0.3, 0.4) is 0 Å². The molecule has 0 bridgehead atoms. The minimum Gasteiger partial charge on any atom is -0.300 e. The van der Waals surface area contributed by atoms with Crippen molar-refractivity contribution < 1.29 is 4.79 Å². The van der Waals surface area contributed by atoms with Crippen LogP contribution < -0.4 is 5.32 Å². The van der Waals surface area contributed by atoms with Crippen molar-refractivity contribution in [3.8, 4) is 5.69 Å². The summed E-state index contributed by atoms with van der Waals surface area (Å²) in [6, 6.07) is 6.08. The number of hydrogen-bond donors (Lipinski definition) is 1. The van der Waals surface area contributed by atoms with Crippen LogP contribution in [0.4, 0.5) is 5.13 Å². The molecule has 0 atom stereocenters. The number of aromatic nitrogens is 6. The van der Waals surface area contributed by atoms with Crippen molar-refractivity contribution in [1.29, 1.82) is 0 Å². The van der Waals surface area contributed by atoms with Gasteiger partial charge in [-0.05, 0) is 47.9 Å². The quantitative estimate of drug-likeness (QED) is 0.661. The number of hydrogen-bond acceptors (Lipinski definition) is 8. The first-order valence-corrected chi connectivity index (χ1v) is 9.48. The number of rotatable bonds is 6. The van der Waals surface area contributed by atoms with Gasteiger partial charge in [0.15, 0.2) is 0 Å². The molecule has 3 aromatic rings. The van der Waals surface area contributed by atoms with Gasteiger partial charge in [-0.1, -0.05) is 42.2 Å². The molecule has 0 unspecified atom stereocenters. The van der Waals surface area contributed by atoms with Gasteiger partial charge in [0.2, 0.25) is 16.2 Å². The molecule has 0 saturated carbocycles. The van der Waals surface area contributed by atoms with Crippen LogP contribution in [-0.4, -0.2) is 42.1 Å². The molecule has 0 fully saturated rings. The fourth-order valence-electron chi connectivity index (χ4n) is 2.10. The lowest BCUT2D eigenvalue weighted by atomic mass is 10.1. The summed E-state index contributed by atoms with van der Waals surface area (Å²) in [5, 5.41) is 24.4. The number of carbonyl (C=O) groups is 1. The van der Waals surface area contributed by atoms with Crippen LogP contribution in [0, 0.1) is 13.8 Å². The fourth-order valence-corrected chi connectivity index (χ4v) is 3.48. The summed E-state index contributed by atoms with van der Waals surface area (Å²) in [6.07, 6.45) is 0.799. The highest BCUT2D eigenvalue weighted by Crippen LogP contribution is 2.22. The molecule has 0 spiro atoms. The van der Waals surface area contributed by atoms with Crippen molar-refractivity contribution in [2.45, 2.75) is 32.3 Å². The normalized spacial score (nSPS) is 10.8. The Balaban J connectivity index is 1.67. The predicted molar refractivity (Wildman–Crippen MR) is 97.3 cm³/mol. The number of benzene rings is 1. The third-order valence-electron chi connectivity index (χ3n) is 3.38. The van der Waals surface area contributed by atoms with Crippen LogP contribution in [-0.2, 0) is 11.2 Å². The average molecular weight is 375 g/mol. The van der Waals surface area contributed by atoms with Gasteiger partial charge in [0, 0.05) is 0 Å². The lowest BCUT2D eigenvalue weighted by molar-refractivity contribution is -0.113. The van der Waals surface area contributed by atoms with Gasteiger partial charge in [0.1, 0.15) is 5.01 Å². The van der Waals surface area contributed by atoms with Gasteiger partial charge in [0.05, 0.1) is 11.4 Å². The summed E-state index contributed by atoms with van der Waals surface area (Å²) in [4.78, 5) is 12.1. The van der Waals surface area contributed by atoms with Crippen LogP contribution >= 0.6 is 23.1 Å². The standard InChI is InChI=1S/C15H17N7OS2/c1-4-13-17-18-14(25-13)16-12(23)8-24-15-19-20-21-22(15)11-7-9(2)5-6-10(11)3/h5-7H,4,8H2,1-3H3,(H,16,18,23). The maximum absolute atomic E-state index is 12.1. The first kappa shape index (κ1) is 17.5. The molecule has 0 aliphatic rings. The number of anilines is 1. The Morgan fingerprint density at radius 3 is 2.88 bits per heavy atom. The molecule has 2 heterocycles. The van der Waals surface area contributed by atoms with E-state index in [1.54, 1.807) is 4.68 Å². The third-order valence-corrected chi connectivity index (χ3v) is 5.28. The Morgan fingerprint density at radius 1 is 1.28 bits per heavy atom. The molecule has 1 amide bonds. The largest absolute Gasteiger partial charge is 0.300 e. The maximum Gasteiger partial charge on any atom is 0.236 e. The van der Waals surface area contributed by atoms with Crippen LogP contribution in [0.1, 0.15) is 23.1 Å². The van der Waals surface area contributed by atoms with E-state index in [0.29, 0.717) is 10.3 Å². The summed E-state index contributed by atoms with van der Waals surface area (Å²) in [5.74, 6) is 0.0195. The summed E-state index contributed by atoms with van der Waals surface area (Å²) in [7, 11) is 0. The van der Waals surface area contributed by atoms with Crippen molar-refractivity contribution in [3.63, 3.8) is 0 Å². The van der Waals surface area contributed by atoms with Crippen LogP contribution in [0.2, 0.25) is 0 Å². The second-order valence-electron chi connectivity index (χ2n) is 5.35. The average Bonchev–Trinajstić information content (AvgIpc) is 3.24. The van der Waals surface area contributed by atoms with E-state index in [1.165, 1.54) is 23.1 Å². The van der Waals surface area contributed by atoms with Crippen molar-refractivity contribution in [3.05, 3.63) is 34.3 Å². The van der Waals surface area contributed by atoms with Crippen LogP contribution in [0.25, 0.3) is 5.69 Å². The number of aryl methyl sites for hydroxylation is 3. The zero-order valence-corrected chi connectivity index (χ0v) is 15.7. The highest BCUT2D eigenvalue weighted by molar-refractivity contribution is 7.99. The summed E-state index contributed by atoms with van der Waals surface area (Å²) < 4.78 is 1.65. The number of tetrazole rings is 1. The summed E-state index contributed by atoms with van der Waals surface area (Å²) in [5.41, 5.74) is 3.09. The van der Waals surface area contributed by atoms with E-state index >= 15 is 0 Å². The molecule has 10 heteroatoms. The topological polar surface area (TPSA) is 98.5 Å². The first-order chi connectivity index (χ1) is 12.1. The minimum absolute atomic E-state index is 0.167. The Labute approximate surface area is 153 Å². The van der Waals surface area contributed by atoms with Gasteiger partial charge < -0.3 is 0 Å². The zero-order valence-electron chi connectivity index (χ0n) is 14.1. The van der Waals surface area contributed by atoms with Gasteiger partial charge in [-0.3, -0.25) is 10.1 Å². The number of nitrogens with one attached hydrogen (secondary N) is 1. The molecule has 0 aliphatic heterocycles. The van der Waals surface area contributed by atoms with Gasteiger partial charge in [-0.25, -0.2) is 0 Å². The monoisotopic (exact) mass is 375 g/mol. The summed E-state index contributed by atoms with van der Waals surface area (Å²) in [6.45, 7) is 6.01. The molecule has 0 saturated heterocycles. The Kier molecular flexibility index (Phi) is 5.39. The van der Waals surface area contributed by atoms with Crippen molar-refractivity contribution >= 4 is 34.1 Å². The van der Waals surface area contributed by atoms with Gasteiger partial charge in [0.25, 0.3) is 0 Å². The Hall–Kier alpha value is -2.33. The SMILES string of the molecule is CCc1nnc(NC(=O)CSc2nnnn2-c2cc(C)ccc2C)s1. The van der Waals surface area contributed by atoms with E-state index in [2.05, 4.69) is 31.0 Å². The lowest BCUT2D eigenvalue weighted by Gasteiger charge is -2.08. The van der Waals surface area contributed by atoms with Gasteiger partial charge >= 0.3 is 0 Å². The Bertz CT molecular complexity index is 890. The number of nitrogens with zero attached hydrogens (tertiary/aromatic N) is 6. The van der Waals surface area contributed by atoms with Crippen molar-refractivity contribution in [2.24, 2.45) is 0 Å². The van der Waals surface area contributed by atoms with Crippen molar-refractivity contribution in [2.75, 3.05) is 11.1 Å². The molecule has 8 nitrogen and oxygen atoms in total. The number of thioether (sulfide) groups is 1. The van der Waals surface area contributed by atoms with Gasteiger partial charge in [-0.15, -0.1) is 15.3 Å². The van der Waals surface area contributed by atoms with E-state index in [1.807, 2.05) is 39.0 Å². The van der Waals surface area contributed by atoms with Crippen LogP contribution in [0.15, 0.2) is 23.4 Å². The molecular weight excluding hydrogens is 358 g/mol. The highest BCUT2D eigenvalue weighted by atomic mass is 32.2. The molecule has 1 N–H and O–H groups in total. The predicted octanol–water partition coefficient (Wildman–Crippen LogP) is 2.42. The van der Waals surface area contributed by atoms with E-state index in [0.717, 1.165) is 28.2 Å². The maximum atomic E-state index is 12.1. The summed E-state index contributed by atoms with van der Waals surface area (Å²) >= 11 is 2.65. The highest BCUT2D eigenvalue weighted by Gasteiger charge is 2.14. The second kappa shape index (κ2) is 7.70. The fraction of sp³-hybridized carbons (Fsp3) is 0.333. The minimum atomic E-state index is -0.167. The lowest BCUT2D eigenvalue weighted by Crippen LogP contribution is -2.14. The Morgan fingerprint density at radius 2 is 2.12 bits per heavy atom. The van der Waals surface area contributed by atoms with E-state index in [9.17, 15) is 4.79 Å². The smallest absolute Gasteiger partial charge is 0.236 e. The molecule has 0 aliphatic carbocycles.